The quantitative estimate of drug-likeness (QED) is 0.272. The van der Waals surface area contributed by atoms with Crippen molar-refractivity contribution in [2.45, 2.75) is 37.5 Å². The number of phenolic OH excluding ortho intramolecular Hbond substituents is 1. The van der Waals surface area contributed by atoms with Crippen molar-refractivity contribution in [3.63, 3.8) is 0 Å². The number of aromatic hydroxyl groups is 1. The third kappa shape index (κ3) is 3.54. The molecule has 0 saturated carbocycles. The Hall–Kier alpha value is -3.25. The summed E-state index contributed by atoms with van der Waals surface area (Å²) in [5.41, 5.74) is -0.654. The molecule has 0 aliphatic heterocycles. The van der Waals surface area contributed by atoms with Crippen molar-refractivity contribution in [2.24, 2.45) is 17.6 Å². The molecule has 0 radical (unpaired) electrons. The van der Waals surface area contributed by atoms with E-state index >= 15 is 0 Å². The van der Waals surface area contributed by atoms with Gasteiger partial charge in [0.1, 0.15) is 22.8 Å². The first-order valence-corrected chi connectivity index (χ1v) is 11.0. The molecular weight excluding hydrogens is 460 g/mol. The Morgan fingerprint density at radius 2 is 1.74 bits per heavy atom. The van der Waals surface area contributed by atoms with Gasteiger partial charge in [0.25, 0.3) is 5.91 Å². The van der Waals surface area contributed by atoms with E-state index in [1.807, 2.05) is 0 Å². The number of hydrogen-bond acceptors (Lipinski definition) is 10. The molecule has 11 nitrogen and oxygen atoms in total. The number of hydrogen-bond donors (Lipinski definition) is 7. The minimum atomic E-state index is -2.75. The van der Waals surface area contributed by atoms with E-state index in [1.165, 1.54) is 44.1 Å². The van der Waals surface area contributed by atoms with Gasteiger partial charge in [0.2, 0.25) is 5.78 Å². The summed E-state index contributed by atoms with van der Waals surface area (Å²) in [6.07, 6.45) is -0.200. The van der Waals surface area contributed by atoms with Gasteiger partial charge in [-0.3, -0.25) is 19.3 Å². The number of primary amides is 1. The highest BCUT2D eigenvalue weighted by Crippen LogP contribution is 2.56. The molecular formula is C24H30N2O9. The predicted molar refractivity (Wildman–Crippen MR) is 122 cm³/mol. The molecule has 3 aliphatic carbocycles. The lowest BCUT2D eigenvalue weighted by molar-refractivity contribution is -0.151. The van der Waals surface area contributed by atoms with E-state index in [0.717, 1.165) is 0 Å². The molecule has 0 saturated heterocycles. The van der Waals surface area contributed by atoms with Crippen molar-refractivity contribution in [3.8, 4) is 5.75 Å². The van der Waals surface area contributed by atoms with Crippen molar-refractivity contribution in [1.29, 1.82) is 0 Å². The number of likely N-dealkylation sites (N-methyl/N-ethyl adjacent to an activating group) is 1. The largest absolute Gasteiger partial charge is 0.510 e. The zero-order valence-corrected chi connectivity index (χ0v) is 19.8. The Morgan fingerprint density at radius 1 is 1.17 bits per heavy atom. The average molecular weight is 491 g/mol. The summed E-state index contributed by atoms with van der Waals surface area (Å²) in [6, 6.07) is 3.05. The molecule has 1 aromatic rings. The lowest BCUT2D eigenvalue weighted by Gasteiger charge is -2.52. The van der Waals surface area contributed by atoms with E-state index in [9.17, 15) is 39.9 Å². The smallest absolute Gasteiger partial charge is 0.255 e. The number of nitrogens with two attached hydrogens (primary N) is 1. The summed E-state index contributed by atoms with van der Waals surface area (Å²) in [4.78, 5) is 39.9. The SMILES string of the molecule is CCO.CN(C)[C@@H]1C(O)=C(C(N)=O)C(=O)[C@@]2(O)C(O)=C3C(=O)c4c(O)cccc4[C@@](C)(O)[C@H]3C[C@@H]12. The Morgan fingerprint density at radius 3 is 2.26 bits per heavy atom. The monoisotopic (exact) mass is 490 g/mol. The Labute approximate surface area is 201 Å². The maximum absolute atomic E-state index is 13.3. The number of benzene rings is 1. The molecule has 11 heteroatoms. The van der Waals surface area contributed by atoms with Gasteiger partial charge in [-0.15, -0.1) is 0 Å². The van der Waals surface area contributed by atoms with E-state index in [2.05, 4.69) is 0 Å². The number of ketones is 2. The summed E-state index contributed by atoms with van der Waals surface area (Å²) in [5.74, 6) is -7.89. The summed E-state index contributed by atoms with van der Waals surface area (Å²) >= 11 is 0. The molecule has 0 aromatic heterocycles. The van der Waals surface area contributed by atoms with E-state index in [0.29, 0.717) is 0 Å². The fraction of sp³-hybridized carbons (Fsp3) is 0.458. The maximum atomic E-state index is 13.3. The van der Waals surface area contributed by atoms with E-state index in [-0.39, 0.29) is 24.2 Å². The highest BCUT2D eigenvalue weighted by Gasteiger charge is 2.65. The second-order valence-corrected chi connectivity index (χ2v) is 9.28. The number of amides is 1. The van der Waals surface area contributed by atoms with Crippen LogP contribution in [0.4, 0.5) is 0 Å². The first-order chi connectivity index (χ1) is 16.2. The van der Waals surface area contributed by atoms with Crippen LogP contribution in [0.5, 0.6) is 5.75 Å². The first-order valence-electron chi connectivity index (χ1n) is 11.0. The van der Waals surface area contributed by atoms with Crippen LogP contribution in [0.1, 0.15) is 36.2 Å². The van der Waals surface area contributed by atoms with Crippen molar-refractivity contribution >= 4 is 17.5 Å². The minimum Gasteiger partial charge on any atom is -0.510 e. The molecule has 1 aromatic carbocycles. The molecule has 35 heavy (non-hydrogen) atoms. The third-order valence-electron chi connectivity index (χ3n) is 7.02. The number of aliphatic hydroxyl groups is 5. The lowest BCUT2D eigenvalue weighted by atomic mass is 9.55. The molecule has 0 bridgehead atoms. The molecule has 0 unspecified atom stereocenters. The number of aliphatic hydroxyl groups excluding tert-OH is 3. The molecule has 0 fully saturated rings. The normalized spacial score (nSPS) is 31.9. The summed E-state index contributed by atoms with van der Waals surface area (Å²) in [7, 11) is 3.06. The van der Waals surface area contributed by atoms with Crippen LogP contribution < -0.4 is 5.73 Å². The molecule has 8 N–H and O–H groups in total. The van der Waals surface area contributed by atoms with Gasteiger partial charge in [-0.05, 0) is 46.0 Å². The number of rotatable bonds is 2. The van der Waals surface area contributed by atoms with Gasteiger partial charge in [-0.2, -0.15) is 0 Å². The molecule has 3 aliphatic rings. The van der Waals surface area contributed by atoms with Gasteiger partial charge in [0.05, 0.1) is 17.2 Å². The second kappa shape index (κ2) is 8.76. The van der Waals surface area contributed by atoms with E-state index in [1.54, 1.807) is 6.92 Å². The van der Waals surface area contributed by atoms with Gasteiger partial charge < -0.3 is 36.4 Å². The Kier molecular flexibility index (Phi) is 6.59. The van der Waals surface area contributed by atoms with E-state index in [4.69, 9.17) is 10.8 Å². The Balaban J connectivity index is 0.00000108. The topological polar surface area (TPSA) is 202 Å². The molecule has 1 amide bonds. The highest BCUT2D eigenvalue weighted by atomic mass is 16.3. The fourth-order valence-electron chi connectivity index (χ4n) is 5.51. The zero-order valence-electron chi connectivity index (χ0n) is 19.8. The summed E-state index contributed by atoms with van der Waals surface area (Å²) in [5, 5.41) is 62.6. The van der Waals surface area contributed by atoms with Gasteiger partial charge in [0.15, 0.2) is 11.4 Å². The van der Waals surface area contributed by atoms with Crippen LogP contribution in [0.15, 0.2) is 40.9 Å². The molecule has 0 heterocycles. The van der Waals surface area contributed by atoms with Crippen LogP contribution in [0.3, 0.4) is 0 Å². The Bertz CT molecular complexity index is 1170. The van der Waals surface area contributed by atoms with Gasteiger partial charge >= 0.3 is 0 Å². The van der Waals surface area contributed by atoms with Gasteiger partial charge in [0, 0.05) is 24.0 Å². The van der Waals surface area contributed by atoms with Crippen LogP contribution >= 0.6 is 0 Å². The first kappa shape index (κ1) is 26.4. The van der Waals surface area contributed by atoms with Crippen molar-refractivity contribution in [2.75, 3.05) is 20.7 Å². The van der Waals surface area contributed by atoms with Gasteiger partial charge in [-0.25, -0.2) is 0 Å². The molecule has 0 spiro atoms. The molecule has 4 rings (SSSR count). The minimum absolute atomic E-state index is 0.135. The summed E-state index contributed by atoms with van der Waals surface area (Å²) in [6.45, 7) is 3.33. The maximum Gasteiger partial charge on any atom is 0.255 e. The van der Waals surface area contributed by atoms with Crippen LogP contribution in [0.2, 0.25) is 0 Å². The van der Waals surface area contributed by atoms with Crippen LogP contribution in [-0.4, -0.2) is 85.4 Å². The zero-order chi connectivity index (χ0) is 26.6. The number of nitrogens with zero attached hydrogens (tertiary/aromatic N) is 1. The van der Waals surface area contributed by atoms with Crippen LogP contribution in [-0.2, 0) is 15.2 Å². The van der Waals surface area contributed by atoms with Crippen LogP contribution in [0.25, 0.3) is 0 Å². The standard InChI is InChI=1S/C22H24N2O8.C2H6O/c1-21(31)8-5-4-6-11(25)12(8)16(26)13-9(21)7-10-15(24(2)3)17(27)14(20(23)30)19(29)22(10,32)18(13)28;1-2-3/h4-6,9-10,15,25,27-28,31-32H,7H2,1-3H3,(H2,23,30);3H,2H2,1H3/t9-,10-,15-,21+,22-;/m0./s1. The third-order valence-corrected chi connectivity index (χ3v) is 7.02. The van der Waals surface area contributed by atoms with Crippen molar-refractivity contribution < 1.29 is 45.0 Å². The predicted octanol–water partition coefficient (Wildman–Crippen LogP) is -0.216. The van der Waals surface area contributed by atoms with E-state index < -0.39 is 75.0 Å². The van der Waals surface area contributed by atoms with Crippen molar-refractivity contribution in [1.82, 2.24) is 4.90 Å². The second-order valence-electron chi connectivity index (χ2n) is 9.28. The number of carbonyl (C=O) groups is 3. The molecule has 5 atom stereocenters. The summed E-state index contributed by atoms with van der Waals surface area (Å²) < 4.78 is 0. The number of fused-ring (bicyclic) bond motifs is 3. The van der Waals surface area contributed by atoms with Crippen LogP contribution in [0, 0.1) is 11.8 Å². The average Bonchev–Trinajstić information content (AvgIpc) is 2.74. The molecule has 190 valence electrons. The number of carbonyl (C=O) groups excluding carboxylic acids is 3. The lowest BCUT2D eigenvalue weighted by Crippen LogP contribution is -2.65. The fourth-order valence-corrected chi connectivity index (χ4v) is 5.51. The highest BCUT2D eigenvalue weighted by molar-refractivity contribution is 6.24. The number of phenols is 1. The van der Waals surface area contributed by atoms with Gasteiger partial charge in [-0.1, -0.05) is 12.1 Å². The van der Waals surface area contributed by atoms with Crippen molar-refractivity contribution in [3.05, 3.63) is 52.0 Å². The number of Topliss-reactive ketones (excluding diaryl/α,β-unsaturated/α-hetero) is 2.